The molecule has 1 atom stereocenters. The highest BCUT2D eigenvalue weighted by atomic mass is 32.1. The van der Waals surface area contributed by atoms with Crippen molar-refractivity contribution in [2.75, 3.05) is 20.2 Å². The molecule has 2 heterocycles. The predicted molar refractivity (Wildman–Crippen MR) is 83.6 cm³/mol. The molecule has 6 heteroatoms. The molecule has 3 rings (SSSR count). The van der Waals surface area contributed by atoms with Gasteiger partial charge in [0.15, 0.2) is 4.77 Å². The number of hydrogen-bond donors (Lipinski definition) is 3. The lowest BCUT2D eigenvalue weighted by Gasteiger charge is -2.27. The second-order valence-electron chi connectivity index (χ2n) is 5.27. The smallest absolute Gasteiger partial charge is 0.177 e. The number of fused-ring (bicyclic) bond motifs is 1. The Bertz CT molecular complexity index is 692. The number of H-pyrrole nitrogens is 1. The molecule has 0 aliphatic carbocycles. The largest absolute Gasteiger partial charge is 0.508 e. The van der Waals surface area contributed by atoms with Gasteiger partial charge in [-0.25, -0.2) is 0 Å². The first-order valence-corrected chi connectivity index (χ1v) is 7.48. The van der Waals surface area contributed by atoms with Crippen LogP contribution in [0, 0.1) is 4.77 Å². The van der Waals surface area contributed by atoms with Crippen molar-refractivity contribution >= 4 is 12.2 Å². The zero-order chi connectivity index (χ0) is 14.8. The number of aromatic amines is 1. The van der Waals surface area contributed by atoms with Gasteiger partial charge in [0.1, 0.15) is 18.1 Å². The number of nitrogens with zero attached hydrogens (tertiary/aromatic N) is 1. The summed E-state index contributed by atoms with van der Waals surface area (Å²) in [5, 5.41) is 12.8. The van der Waals surface area contributed by atoms with Crippen LogP contribution in [0.3, 0.4) is 0 Å². The van der Waals surface area contributed by atoms with Crippen molar-refractivity contribution in [2.24, 2.45) is 0 Å². The monoisotopic (exact) mass is 305 g/mol. The average molecular weight is 305 g/mol. The van der Waals surface area contributed by atoms with Gasteiger partial charge in [-0.05, 0) is 43.0 Å². The number of benzene rings is 1. The number of hydrogen-bond acceptors (Lipinski definition) is 4. The van der Waals surface area contributed by atoms with Gasteiger partial charge in [0.05, 0.1) is 6.04 Å². The first-order chi connectivity index (χ1) is 10.2. The summed E-state index contributed by atoms with van der Waals surface area (Å²) in [5.74, 6) is 1.12. The van der Waals surface area contributed by atoms with Crippen LogP contribution in [-0.4, -0.2) is 34.9 Å². The summed E-state index contributed by atoms with van der Waals surface area (Å²) in [7, 11) is 1.94. The Balaban J connectivity index is 1.89. The lowest BCUT2D eigenvalue weighted by Crippen LogP contribution is -2.26. The maximum atomic E-state index is 9.63. The van der Waals surface area contributed by atoms with E-state index in [2.05, 4.69) is 14.9 Å². The fraction of sp³-hybridized carbons (Fsp3) is 0.400. The molecule has 0 amide bonds. The molecule has 0 fully saturated rings. The molecule has 1 aromatic carbocycles. The SMILES string of the molecule is CNCCc1c[nH]c(=S)n1[C@@H]1COc2ccc(O)cc2C1. The second kappa shape index (κ2) is 5.91. The van der Waals surface area contributed by atoms with E-state index >= 15 is 0 Å². The Labute approximate surface area is 128 Å². The van der Waals surface area contributed by atoms with Gasteiger partial charge in [0.25, 0.3) is 0 Å². The van der Waals surface area contributed by atoms with Gasteiger partial charge in [0, 0.05) is 31.3 Å². The van der Waals surface area contributed by atoms with Crippen LogP contribution in [0.5, 0.6) is 11.5 Å². The highest BCUT2D eigenvalue weighted by molar-refractivity contribution is 7.71. The van der Waals surface area contributed by atoms with Crippen LogP contribution < -0.4 is 10.1 Å². The predicted octanol–water partition coefficient (Wildman–Crippen LogP) is 2.19. The molecule has 21 heavy (non-hydrogen) atoms. The lowest BCUT2D eigenvalue weighted by molar-refractivity contribution is 0.220. The summed E-state index contributed by atoms with van der Waals surface area (Å²) in [6.45, 7) is 1.49. The number of ether oxygens (including phenoxy) is 1. The van der Waals surface area contributed by atoms with Crippen LogP contribution in [0.15, 0.2) is 24.4 Å². The van der Waals surface area contributed by atoms with E-state index in [1.54, 1.807) is 12.1 Å². The number of phenols is 1. The van der Waals surface area contributed by atoms with Crippen LogP contribution in [0.25, 0.3) is 0 Å². The van der Waals surface area contributed by atoms with E-state index in [0.29, 0.717) is 6.61 Å². The Hall–Kier alpha value is -1.79. The molecule has 1 aliphatic heterocycles. The van der Waals surface area contributed by atoms with Crippen molar-refractivity contribution in [2.45, 2.75) is 18.9 Å². The third kappa shape index (κ3) is 2.82. The summed E-state index contributed by atoms with van der Waals surface area (Å²) < 4.78 is 8.68. The fourth-order valence-corrected chi connectivity index (χ4v) is 3.12. The Morgan fingerprint density at radius 2 is 2.38 bits per heavy atom. The first-order valence-electron chi connectivity index (χ1n) is 7.07. The first kappa shape index (κ1) is 14.2. The van der Waals surface area contributed by atoms with Crippen LogP contribution in [0.4, 0.5) is 0 Å². The standard InChI is InChI=1S/C15H19N3O2S/c1-16-5-4-11-8-17-15(21)18(11)12-6-10-7-13(19)2-3-14(10)20-9-12/h2-3,7-8,12,16,19H,4-6,9H2,1H3,(H,17,21)/t12-/m0/s1. The molecule has 0 unspecified atom stereocenters. The third-order valence-electron chi connectivity index (χ3n) is 3.82. The molecule has 5 nitrogen and oxygen atoms in total. The van der Waals surface area contributed by atoms with Gasteiger partial charge < -0.3 is 24.7 Å². The van der Waals surface area contributed by atoms with E-state index in [1.165, 1.54) is 5.69 Å². The molecular weight excluding hydrogens is 286 g/mol. The van der Waals surface area contributed by atoms with Crippen LogP contribution in [0.2, 0.25) is 0 Å². The highest BCUT2D eigenvalue weighted by Gasteiger charge is 2.23. The van der Waals surface area contributed by atoms with Crippen LogP contribution >= 0.6 is 12.2 Å². The normalized spacial score (nSPS) is 17.3. The molecule has 3 N–H and O–H groups in total. The summed E-state index contributed by atoms with van der Waals surface area (Å²) >= 11 is 5.41. The number of phenolic OH excluding ortho intramolecular Hbond substituents is 1. The van der Waals surface area contributed by atoms with Gasteiger partial charge in [-0.1, -0.05) is 0 Å². The van der Waals surface area contributed by atoms with E-state index in [4.69, 9.17) is 17.0 Å². The summed E-state index contributed by atoms with van der Waals surface area (Å²) in [6.07, 6.45) is 3.69. The van der Waals surface area contributed by atoms with Gasteiger partial charge in [-0.15, -0.1) is 0 Å². The Morgan fingerprint density at radius 3 is 3.19 bits per heavy atom. The van der Waals surface area contributed by atoms with Crippen molar-refractivity contribution < 1.29 is 9.84 Å². The summed E-state index contributed by atoms with van der Waals surface area (Å²) in [5.41, 5.74) is 2.19. The molecule has 0 bridgehead atoms. The summed E-state index contributed by atoms with van der Waals surface area (Å²) in [6, 6.07) is 5.40. The molecule has 0 spiro atoms. The van der Waals surface area contributed by atoms with Crippen molar-refractivity contribution in [1.29, 1.82) is 0 Å². The maximum absolute atomic E-state index is 9.63. The number of aromatic nitrogens is 2. The number of nitrogens with one attached hydrogen (secondary N) is 2. The Kier molecular flexibility index (Phi) is 3.98. The van der Waals surface area contributed by atoms with E-state index in [-0.39, 0.29) is 11.8 Å². The average Bonchev–Trinajstić information content (AvgIpc) is 2.85. The minimum absolute atomic E-state index is 0.157. The number of likely N-dealkylation sites (N-methyl/N-ethyl adjacent to an activating group) is 1. The highest BCUT2D eigenvalue weighted by Crippen LogP contribution is 2.32. The Morgan fingerprint density at radius 1 is 1.52 bits per heavy atom. The topological polar surface area (TPSA) is 62.2 Å². The molecule has 0 saturated heterocycles. The van der Waals surface area contributed by atoms with Crippen LogP contribution in [-0.2, 0) is 12.8 Å². The number of aromatic hydroxyl groups is 1. The van der Waals surface area contributed by atoms with Gasteiger partial charge in [0.2, 0.25) is 0 Å². The van der Waals surface area contributed by atoms with Gasteiger partial charge >= 0.3 is 0 Å². The molecule has 1 aliphatic rings. The lowest BCUT2D eigenvalue weighted by atomic mass is 10.0. The van der Waals surface area contributed by atoms with E-state index in [1.807, 2.05) is 19.3 Å². The zero-order valence-corrected chi connectivity index (χ0v) is 12.7. The summed E-state index contributed by atoms with van der Waals surface area (Å²) in [4.78, 5) is 3.12. The zero-order valence-electron chi connectivity index (χ0n) is 11.9. The van der Waals surface area contributed by atoms with Crippen molar-refractivity contribution in [3.8, 4) is 11.5 Å². The molecule has 0 saturated carbocycles. The maximum Gasteiger partial charge on any atom is 0.177 e. The third-order valence-corrected chi connectivity index (χ3v) is 4.13. The molecule has 1 aromatic heterocycles. The quantitative estimate of drug-likeness (QED) is 0.758. The fourth-order valence-electron chi connectivity index (χ4n) is 2.79. The number of rotatable bonds is 4. The molecule has 112 valence electrons. The van der Waals surface area contributed by atoms with Gasteiger partial charge in [-0.2, -0.15) is 0 Å². The van der Waals surface area contributed by atoms with Gasteiger partial charge in [-0.3, -0.25) is 0 Å². The van der Waals surface area contributed by atoms with Crippen molar-refractivity contribution in [3.05, 3.63) is 40.4 Å². The molecule has 0 radical (unpaired) electrons. The molecule has 2 aromatic rings. The van der Waals surface area contributed by atoms with E-state index < -0.39 is 0 Å². The van der Waals surface area contributed by atoms with E-state index in [0.717, 1.165) is 35.5 Å². The number of imidazole rings is 1. The van der Waals surface area contributed by atoms with E-state index in [9.17, 15) is 5.11 Å². The van der Waals surface area contributed by atoms with Crippen molar-refractivity contribution in [1.82, 2.24) is 14.9 Å². The second-order valence-corrected chi connectivity index (χ2v) is 5.66. The van der Waals surface area contributed by atoms with Crippen LogP contribution in [0.1, 0.15) is 17.3 Å². The minimum atomic E-state index is 0.157. The molecular formula is C15H19N3O2S. The van der Waals surface area contributed by atoms with Crippen molar-refractivity contribution in [3.63, 3.8) is 0 Å². The minimum Gasteiger partial charge on any atom is -0.508 e.